The first-order valence-electron chi connectivity index (χ1n) is 2.21. The summed E-state index contributed by atoms with van der Waals surface area (Å²) in [6.07, 6.45) is 1.46. The van der Waals surface area contributed by atoms with Crippen molar-refractivity contribution in [2.45, 2.75) is 19.4 Å². The normalized spacial score (nSPS) is 32.5. The van der Waals surface area contributed by atoms with E-state index < -0.39 is 0 Å². The molecule has 1 rings (SSSR count). The third kappa shape index (κ3) is 0.533. The highest BCUT2D eigenvalue weighted by Crippen LogP contribution is 2.08. The van der Waals surface area contributed by atoms with Crippen LogP contribution in [0.2, 0.25) is 0 Å². The molecule has 0 aromatic heterocycles. The number of rotatable bonds is 1. The lowest BCUT2D eigenvalue weighted by Crippen LogP contribution is -2.29. The lowest BCUT2D eigenvalue weighted by Gasteiger charge is -2.22. The van der Waals surface area contributed by atoms with Gasteiger partial charge in [0.15, 0.2) is 0 Å². The Bertz CT molecular complexity index is 38.1. The second-order valence-corrected chi connectivity index (χ2v) is 1.41. The summed E-state index contributed by atoms with van der Waals surface area (Å²) in [5.41, 5.74) is 0. The molecular formula is C4H8O2. The summed E-state index contributed by atoms with van der Waals surface area (Å²) >= 11 is 0. The Hall–Kier alpha value is -0.0800. The standard InChI is InChI=1S/C4H8O2/c1-2-4-3-5-6-4/h4H,2-3H2,1H3. The van der Waals surface area contributed by atoms with E-state index in [0.717, 1.165) is 13.0 Å². The van der Waals surface area contributed by atoms with Gasteiger partial charge in [0.25, 0.3) is 0 Å². The van der Waals surface area contributed by atoms with Crippen LogP contribution in [0.1, 0.15) is 13.3 Å². The Balaban J connectivity index is 2.01. The molecule has 0 radical (unpaired) electrons. The van der Waals surface area contributed by atoms with Gasteiger partial charge in [-0.05, 0) is 6.42 Å². The van der Waals surface area contributed by atoms with E-state index in [-0.39, 0.29) is 0 Å². The molecule has 0 spiro atoms. The molecule has 0 N–H and O–H groups in total. The third-order valence-electron chi connectivity index (χ3n) is 0.913. The van der Waals surface area contributed by atoms with Crippen molar-refractivity contribution in [3.05, 3.63) is 0 Å². The fourth-order valence-corrected chi connectivity index (χ4v) is 0.350. The van der Waals surface area contributed by atoms with Crippen molar-refractivity contribution in [3.8, 4) is 0 Å². The van der Waals surface area contributed by atoms with E-state index in [4.69, 9.17) is 0 Å². The van der Waals surface area contributed by atoms with Crippen LogP contribution < -0.4 is 0 Å². The first-order chi connectivity index (χ1) is 2.93. The predicted molar refractivity (Wildman–Crippen MR) is 21.1 cm³/mol. The van der Waals surface area contributed by atoms with E-state index in [0.29, 0.717) is 6.10 Å². The van der Waals surface area contributed by atoms with Crippen molar-refractivity contribution >= 4 is 0 Å². The Morgan fingerprint density at radius 3 is 2.50 bits per heavy atom. The summed E-state index contributed by atoms with van der Waals surface area (Å²) in [5.74, 6) is 0. The molecule has 0 aromatic rings. The molecular weight excluding hydrogens is 80.0 g/mol. The van der Waals surface area contributed by atoms with Crippen molar-refractivity contribution in [1.29, 1.82) is 0 Å². The highest BCUT2D eigenvalue weighted by atomic mass is 17.2. The predicted octanol–water partition coefficient (Wildman–Crippen LogP) is 0.727. The molecule has 1 unspecified atom stereocenters. The van der Waals surface area contributed by atoms with E-state index in [2.05, 4.69) is 16.7 Å². The van der Waals surface area contributed by atoms with Gasteiger partial charge in [-0.3, -0.25) is 0 Å². The molecule has 0 aromatic carbocycles. The zero-order valence-corrected chi connectivity index (χ0v) is 3.81. The number of hydrogen-bond acceptors (Lipinski definition) is 2. The van der Waals surface area contributed by atoms with Crippen molar-refractivity contribution in [2.24, 2.45) is 0 Å². The van der Waals surface area contributed by atoms with Gasteiger partial charge >= 0.3 is 0 Å². The van der Waals surface area contributed by atoms with Crippen LogP contribution in [-0.2, 0) is 9.78 Å². The first-order valence-corrected chi connectivity index (χ1v) is 2.21. The first kappa shape index (κ1) is 4.09. The molecule has 1 aliphatic rings. The van der Waals surface area contributed by atoms with Gasteiger partial charge in [0.2, 0.25) is 0 Å². The van der Waals surface area contributed by atoms with Crippen LogP contribution in [-0.4, -0.2) is 12.7 Å². The Morgan fingerprint density at radius 1 is 1.83 bits per heavy atom. The van der Waals surface area contributed by atoms with Crippen LogP contribution in [0.3, 0.4) is 0 Å². The highest BCUT2D eigenvalue weighted by Gasteiger charge is 2.16. The zero-order chi connectivity index (χ0) is 4.41. The summed E-state index contributed by atoms with van der Waals surface area (Å²) in [4.78, 5) is 9.01. The Labute approximate surface area is 37.0 Å². The van der Waals surface area contributed by atoms with Gasteiger partial charge < -0.3 is 0 Å². The number of hydrogen-bond donors (Lipinski definition) is 0. The zero-order valence-electron chi connectivity index (χ0n) is 3.81. The largest absolute Gasteiger partial charge is 0.233 e. The summed E-state index contributed by atoms with van der Waals surface area (Å²) in [7, 11) is 0. The smallest absolute Gasteiger partial charge is 0.119 e. The van der Waals surface area contributed by atoms with Crippen LogP contribution in [0.25, 0.3) is 0 Å². The molecule has 1 fully saturated rings. The Morgan fingerprint density at radius 2 is 2.50 bits per heavy atom. The van der Waals surface area contributed by atoms with E-state index in [1.807, 2.05) is 0 Å². The lowest BCUT2D eigenvalue weighted by atomic mass is 10.3. The topological polar surface area (TPSA) is 18.5 Å². The van der Waals surface area contributed by atoms with Crippen molar-refractivity contribution in [1.82, 2.24) is 0 Å². The van der Waals surface area contributed by atoms with E-state index in [9.17, 15) is 0 Å². The molecule has 2 nitrogen and oxygen atoms in total. The second-order valence-electron chi connectivity index (χ2n) is 1.41. The quantitative estimate of drug-likeness (QED) is 0.440. The maximum absolute atomic E-state index is 4.58. The summed E-state index contributed by atoms with van der Waals surface area (Å²) < 4.78 is 0. The van der Waals surface area contributed by atoms with Gasteiger partial charge in [0.1, 0.15) is 12.7 Å². The molecule has 6 heavy (non-hydrogen) atoms. The van der Waals surface area contributed by atoms with Gasteiger partial charge in [0.05, 0.1) is 0 Å². The van der Waals surface area contributed by atoms with Gasteiger partial charge in [-0.25, -0.2) is 9.78 Å². The van der Waals surface area contributed by atoms with Crippen molar-refractivity contribution < 1.29 is 9.78 Å². The summed E-state index contributed by atoms with van der Waals surface area (Å²) in [5, 5.41) is 0. The fourth-order valence-electron chi connectivity index (χ4n) is 0.350. The van der Waals surface area contributed by atoms with Gasteiger partial charge in [-0.15, -0.1) is 0 Å². The van der Waals surface area contributed by atoms with Crippen LogP contribution >= 0.6 is 0 Å². The lowest BCUT2D eigenvalue weighted by molar-refractivity contribution is -0.424. The molecule has 1 aliphatic heterocycles. The minimum Gasteiger partial charge on any atom is -0.233 e. The maximum Gasteiger partial charge on any atom is 0.119 e. The van der Waals surface area contributed by atoms with E-state index >= 15 is 0 Å². The van der Waals surface area contributed by atoms with Crippen LogP contribution in [0.5, 0.6) is 0 Å². The average Bonchev–Trinajstić information content (AvgIpc) is 1.31. The van der Waals surface area contributed by atoms with Crippen LogP contribution in [0, 0.1) is 0 Å². The van der Waals surface area contributed by atoms with Crippen molar-refractivity contribution in [2.75, 3.05) is 6.61 Å². The highest BCUT2D eigenvalue weighted by molar-refractivity contribution is 4.53. The third-order valence-corrected chi connectivity index (χ3v) is 0.913. The Kier molecular flexibility index (Phi) is 1.08. The molecule has 1 atom stereocenters. The molecule has 0 aliphatic carbocycles. The molecule has 36 valence electrons. The minimum atomic E-state index is 0.394. The second kappa shape index (κ2) is 1.58. The van der Waals surface area contributed by atoms with E-state index in [1.165, 1.54) is 0 Å². The summed E-state index contributed by atoms with van der Waals surface area (Å²) in [6.45, 7) is 2.86. The molecule has 2 heteroatoms. The maximum atomic E-state index is 4.58. The summed E-state index contributed by atoms with van der Waals surface area (Å²) in [6, 6.07) is 0. The monoisotopic (exact) mass is 88.1 g/mol. The van der Waals surface area contributed by atoms with Crippen LogP contribution in [0.15, 0.2) is 0 Å². The van der Waals surface area contributed by atoms with E-state index in [1.54, 1.807) is 0 Å². The molecule has 0 amide bonds. The van der Waals surface area contributed by atoms with Crippen LogP contribution in [0.4, 0.5) is 0 Å². The van der Waals surface area contributed by atoms with Gasteiger partial charge in [-0.2, -0.15) is 0 Å². The van der Waals surface area contributed by atoms with Gasteiger partial charge in [0, 0.05) is 0 Å². The minimum absolute atomic E-state index is 0.394. The molecule has 0 saturated carbocycles. The average molecular weight is 88.1 g/mol. The SMILES string of the molecule is CCC1COO1. The molecule has 0 bridgehead atoms. The van der Waals surface area contributed by atoms with Crippen molar-refractivity contribution in [3.63, 3.8) is 0 Å². The molecule has 1 heterocycles. The molecule has 1 saturated heterocycles. The van der Waals surface area contributed by atoms with Gasteiger partial charge in [-0.1, -0.05) is 6.92 Å². The fraction of sp³-hybridized carbons (Fsp3) is 1.00.